The number of benzene rings is 1. The number of rotatable bonds is 2. The van der Waals surface area contributed by atoms with Gasteiger partial charge in [-0.2, -0.15) is 0 Å². The number of hydrogen-bond donors (Lipinski definition) is 1. The van der Waals surface area contributed by atoms with E-state index in [9.17, 15) is 0 Å². The van der Waals surface area contributed by atoms with E-state index < -0.39 is 0 Å². The predicted octanol–water partition coefficient (Wildman–Crippen LogP) is 2.95. The third-order valence-electron chi connectivity index (χ3n) is 3.59. The van der Waals surface area contributed by atoms with Gasteiger partial charge in [0.05, 0.1) is 5.82 Å². The molecule has 1 aromatic carbocycles. The highest BCUT2D eigenvalue weighted by molar-refractivity contribution is 5.58. The van der Waals surface area contributed by atoms with Gasteiger partial charge in [0.25, 0.3) is 0 Å². The monoisotopic (exact) mass is 216 g/mol. The Morgan fingerprint density at radius 1 is 1.31 bits per heavy atom. The smallest absolute Gasteiger partial charge is 0.1000 e. The molecule has 2 heteroatoms. The van der Waals surface area contributed by atoms with Crippen molar-refractivity contribution in [1.82, 2.24) is 4.90 Å². The minimum absolute atomic E-state index is 0.119. The summed E-state index contributed by atoms with van der Waals surface area (Å²) in [5.74, 6) is 0.880. The van der Waals surface area contributed by atoms with Gasteiger partial charge in [-0.15, -0.1) is 0 Å². The molecule has 0 atom stereocenters. The molecule has 2 nitrogen and oxygen atoms in total. The Morgan fingerprint density at radius 2 is 2.00 bits per heavy atom. The Bertz CT molecular complexity index is 418. The molecule has 0 aromatic heterocycles. The van der Waals surface area contributed by atoms with Gasteiger partial charge in [-0.25, -0.2) is 0 Å². The Balaban J connectivity index is 2.37. The fourth-order valence-corrected chi connectivity index (χ4v) is 2.07. The number of fused-ring (bicyclic) bond motifs is 1. The maximum Gasteiger partial charge on any atom is 0.1000 e. The maximum atomic E-state index is 6.14. The summed E-state index contributed by atoms with van der Waals surface area (Å²) >= 11 is 0. The fourth-order valence-electron chi connectivity index (χ4n) is 2.07. The summed E-state index contributed by atoms with van der Waals surface area (Å²) in [5, 5.41) is 0. The third kappa shape index (κ3) is 1.80. The van der Waals surface area contributed by atoms with Crippen molar-refractivity contribution < 1.29 is 0 Å². The molecule has 0 fully saturated rings. The second kappa shape index (κ2) is 3.85. The van der Waals surface area contributed by atoms with Crippen molar-refractivity contribution in [3.63, 3.8) is 0 Å². The summed E-state index contributed by atoms with van der Waals surface area (Å²) < 4.78 is 0. The van der Waals surface area contributed by atoms with Gasteiger partial charge >= 0.3 is 0 Å². The van der Waals surface area contributed by atoms with Crippen molar-refractivity contribution in [2.24, 2.45) is 5.73 Å². The van der Waals surface area contributed by atoms with E-state index in [0.717, 1.165) is 18.8 Å². The van der Waals surface area contributed by atoms with Gasteiger partial charge in [-0.3, -0.25) is 0 Å². The molecule has 1 aromatic rings. The summed E-state index contributed by atoms with van der Waals surface area (Å²) in [5.41, 5.74) is 8.87. The third-order valence-corrected chi connectivity index (χ3v) is 3.59. The lowest BCUT2D eigenvalue weighted by Gasteiger charge is -2.42. The molecule has 16 heavy (non-hydrogen) atoms. The number of nitrogens with two attached hydrogens (primary N) is 1. The molecule has 1 aliphatic rings. The van der Waals surface area contributed by atoms with Crippen LogP contribution in [0.2, 0.25) is 0 Å². The molecular formula is C14H20N2. The van der Waals surface area contributed by atoms with Crippen molar-refractivity contribution in [3.8, 4) is 0 Å². The second-order valence-electron chi connectivity index (χ2n) is 5.02. The van der Waals surface area contributed by atoms with E-state index >= 15 is 0 Å². The first-order chi connectivity index (χ1) is 7.54. The second-order valence-corrected chi connectivity index (χ2v) is 5.02. The summed E-state index contributed by atoms with van der Waals surface area (Å²) in [4.78, 5) is 2.29. The quantitative estimate of drug-likeness (QED) is 0.823. The van der Waals surface area contributed by atoms with E-state index in [1.807, 2.05) is 0 Å². The zero-order chi connectivity index (χ0) is 11.8. The molecule has 0 amide bonds. The van der Waals surface area contributed by atoms with E-state index in [1.54, 1.807) is 0 Å². The van der Waals surface area contributed by atoms with Gasteiger partial charge in [0, 0.05) is 12.1 Å². The molecule has 0 saturated carbocycles. The zero-order valence-corrected chi connectivity index (χ0v) is 10.3. The highest BCUT2D eigenvalue weighted by Crippen LogP contribution is 2.30. The fraction of sp³-hybridized carbons (Fsp3) is 0.429. The molecule has 1 aliphatic heterocycles. The average Bonchev–Trinajstić information content (AvgIpc) is 2.28. The Morgan fingerprint density at radius 3 is 2.69 bits per heavy atom. The molecule has 86 valence electrons. The Labute approximate surface area is 97.8 Å². The van der Waals surface area contributed by atoms with Crippen molar-refractivity contribution in [1.29, 1.82) is 0 Å². The number of nitrogens with zero attached hydrogens (tertiary/aromatic N) is 1. The lowest BCUT2D eigenvalue weighted by Crippen LogP contribution is -2.45. The van der Waals surface area contributed by atoms with Crippen LogP contribution in [0.15, 0.2) is 30.1 Å². The van der Waals surface area contributed by atoms with Gasteiger partial charge < -0.3 is 10.6 Å². The minimum atomic E-state index is 0.119. The molecular weight excluding hydrogens is 196 g/mol. The number of hydrogen-bond acceptors (Lipinski definition) is 2. The van der Waals surface area contributed by atoms with Crippen LogP contribution in [0.25, 0.3) is 6.08 Å². The van der Waals surface area contributed by atoms with Crippen LogP contribution in [0.4, 0.5) is 0 Å². The highest BCUT2D eigenvalue weighted by atomic mass is 15.2. The molecule has 0 aliphatic carbocycles. The van der Waals surface area contributed by atoms with E-state index in [2.05, 4.69) is 56.0 Å². The first-order valence-electron chi connectivity index (χ1n) is 5.87. The van der Waals surface area contributed by atoms with Crippen molar-refractivity contribution >= 4 is 6.08 Å². The van der Waals surface area contributed by atoms with Crippen LogP contribution in [0.5, 0.6) is 0 Å². The van der Waals surface area contributed by atoms with Crippen LogP contribution in [0.3, 0.4) is 0 Å². The molecule has 0 saturated heterocycles. The lowest BCUT2D eigenvalue weighted by molar-refractivity contribution is 0.149. The summed E-state index contributed by atoms with van der Waals surface area (Å²) in [7, 11) is 0. The Hall–Kier alpha value is -1.44. The van der Waals surface area contributed by atoms with Gasteiger partial charge in [0.1, 0.15) is 0 Å². The predicted molar refractivity (Wildman–Crippen MR) is 68.5 cm³/mol. The first kappa shape index (κ1) is 11.1. The van der Waals surface area contributed by atoms with Crippen molar-refractivity contribution in [3.05, 3.63) is 41.2 Å². The molecule has 1 heterocycles. The van der Waals surface area contributed by atoms with E-state index in [0.29, 0.717) is 0 Å². The summed E-state index contributed by atoms with van der Waals surface area (Å²) in [6, 6.07) is 8.45. The van der Waals surface area contributed by atoms with Gasteiger partial charge in [-0.05, 0) is 37.5 Å². The topological polar surface area (TPSA) is 29.3 Å². The maximum absolute atomic E-state index is 6.14. The molecule has 2 N–H and O–H groups in total. The normalized spacial score (nSPS) is 15.7. The van der Waals surface area contributed by atoms with Crippen LogP contribution in [0.1, 0.15) is 38.3 Å². The van der Waals surface area contributed by atoms with E-state index in [1.165, 1.54) is 11.1 Å². The Kier molecular flexibility index (Phi) is 2.66. The van der Waals surface area contributed by atoms with Gasteiger partial charge in [0.2, 0.25) is 0 Å². The van der Waals surface area contributed by atoms with E-state index in [4.69, 9.17) is 5.73 Å². The van der Waals surface area contributed by atoms with Crippen molar-refractivity contribution in [2.75, 3.05) is 0 Å². The average molecular weight is 216 g/mol. The van der Waals surface area contributed by atoms with Crippen LogP contribution in [-0.2, 0) is 6.54 Å². The van der Waals surface area contributed by atoms with Gasteiger partial charge in [0.15, 0.2) is 0 Å². The van der Waals surface area contributed by atoms with Crippen LogP contribution < -0.4 is 5.73 Å². The molecule has 2 rings (SSSR count). The molecule has 0 bridgehead atoms. The summed E-state index contributed by atoms with van der Waals surface area (Å²) in [6.45, 7) is 7.59. The lowest BCUT2D eigenvalue weighted by atomic mass is 9.94. The standard InChI is InChI=1S/C14H20N2/c1-4-14(2,3)16-10-12-8-6-5-7-11(12)9-13(16)15/h5-9H,4,10,15H2,1-3H3. The summed E-state index contributed by atoms with van der Waals surface area (Å²) in [6.07, 6.45) is 3.17. The highest BCUT2D eigenvalue weighted by Gasteiger charge is 2.28. The minimum Gasteiger partial charge on any atom is -0.385 e. The SMILES string of the molecule is CCC(C)(C)N1Cc2ccccc2C=C1N. The molecule has 0 unspecified atom stereocenters. The van der Waals surface area contributed by atoms with Crippen LogP contribution in [-0.4, -0.2) is 10.4 Å². The van der Waals surface area contributed by atoms with Gasteiger partial charge in [-0.1, -0.05) is 31.2 Å². The van der Waals surface area contributed by atoms with Crippen molar-refractivity contribution in [2.45, 2.75) is 39.3 Å². The van der Waals surface area contributed by atoms with Crippen LogP contribution in [0, 0.1) is 0 Å². The first-order valence-corrected chi connectivity index (χ1v) is 5.87. The molecule has 0 radical (unpaired) electrons. The largest absolute Gasteiger partial charge is 0.385 e. The molecule has 0 spiro atoms. The van der Waals surface area contributed by atoms with Crippen LogP contribution >= 0.6 is 0 Å². The van der Waals surface area contributed by atoms with E-state index in [-0.39, 0.29) is 5.54 Å². The zero-order valence-electron chi connectivity index (χ0n) is 10.3.